The molecule has 1 amide bonds. The standard InChI is InChI=1S/C20H31NO2S2/c1-16(10-11-17-8-6-5-7-9-17)24-25-18-12-14-21(15-13-18)19(22)23-20(2,3)4/h5-9,16,18H,10-15H2,1-4H3/t16-/m1/s1. The number of hydrogen-bond acceptors (Lipinski definition) is 4. The van der Waals surface area contributed by atoms with E-state index in [-0.39, 0.29) is 6.09 Å². The Kier molecular flexibility index (Phi) is 8.01. The fourth-order valence-electron chi connectivity index (χ4n) is 2.70. The summed E-state index contributed by atoms with van der Waals surface area (Å²) in [5.74, 6) is 0. The predicted molar refractivity (Wildman–Crippen MR) is 110 cm³/mol. The van der Waals surface area contributed by atoms with E-state index in [0.29, 0.717) is 10.5 Å². The Morgan fingerprint density at radius 3 is 2.48 bits per heavy atom. The summed E-state index contributed by atoms with van der Waals surface area (Å²) in [6.45, 7) is 9.69. The van der Waals surface area contributed by atoms with Crippen LogP contribution in [0.4, 0.5) is 4.79 Å². The van der Waals surface area contributed by atoms with Gasteiger partial charge in [-0.3, -0.25) is 0 Å². The lowest BCUT2D eigenvalue weighted by Gasteiger charge is -2.33. The Balaban J connectivity index is 1.62. The predicted octanol–water partition coefficient (Wildman–Crippen LogP) is 5.79. The normalized spacial score (nSPS) is 17.4. The Labute approximate surface area is 160 Å². The third kappa shape index (κ3) is 7.95. The molecule has 3 nitrogen and oxygen atoms in total. The summed E-state index contributed by atoms with van der Waals surface area (Å²) >= 11 is 0. The molecule has 0 aliphatic carbocycles. The number of ether oxygens (including phenoxy) is 1. The highest BCUT2D eigenvalue weighted by atomic mass is 33.1. The summed E-state index contributed by atoms with van der Waals surface area (Å²) in [6, 6.07) is 10.7. The van der Waals surface area contributed by atoms with Gasteiger partial charge in [-0.2, -0.15) is 0 Å². The van der Waals surface area contributed by atoms with Gasteiger partial charge in [0.05, 0.1) is 0 Å². The van der Waals surface area contributed by atoms with Crippen LogP contribution in [0.25, 0.3) is 0 Å². The van der Waals surface area contributed by atoms with E-state index in [1.165, 1.54) is 12.0 Å². The van der Waals surface area contributed by atoms with Crippen molar-refractivity contribution in [3.63, 3.8) is 0 Å². The minimum absolute atomic E-state index is 0.167. The summed E-state index contributed by atoms with van der Waals surface area (Å²) in [5.41, 5.74) is 1.01. The zero-order valence-corrected chi connectivity index (χ0v) is 17.5. The number of benzene rings is 1. The van der Waals surface area contributed by atoms with Crippen LogP contribution in [0, 0.1) is 0 Å². The SMILES string of the molecule is C[C@H](CCc1ccccc1)SSC1CCN(C(=O)OC(C)(C)C)CC1. The number of rotatable bonds is 6. The Morgan fingerprint density at radius 1 is 1.24 bits per heavy atom. The molecule has 0 radical (unpaired) electrons. The lowest BCUT2D eigenvalue weighted by molar-refractivity contribution is 0.0219. The molecule has 5 heteroatoms. The molecule has 0 bridgehead atoms. The number of carbonyl (C=O) groups is 1. The molecule has 1 saturated heterocycles. The van der Waals surface area contributed by atoms with Gasteiger partial charge in [0, 0.05) is 23.6 Å². The maximum Gasteiger partial charge on any atom is 0.410 e. The van der Waals surface area contributed by atoms with E-state index in [2.05, 4.69) is 37.3 Å². The van der Waals surface area contributed by atoms with Gasteiger partial charge in [-0.05, 0) is 52.0 Å². The molecule has 1 aromatic carbocycles. The van der Waals surface area contributed by atoms with Gasteiger partial charge in [0.1, 0.15) is 5.60 Å². The number of nitrogens with zero attached hydrogens (tertiary/aromatic N) is 1. The molecule has 1 aliphatic rings. The molecule has 2 rings (SSSR count). The lowest BCUT2D eigenvalue weighted by atomic mass is 10.1. The van der Waals surface area contributed by atoms with Gasteiger partial charge in [0.2, 0.25) is 0 Å². The quantitative estimate of drug-likeness (QED) is 0.583. The molecular weight excluding hydrogens is 350 g/mol. The fourth-order valence-corrected chi connectivity index (χ4v) is 5.57. The number of carbonyl (C=O) groups excluding carboxylic acids is 1. The first-order valence-corrected chi connectivity index (χ1v) is 11.4. The Morgan fingerprint density at radius 2 is 1.88 bits per heavy atom. The highest BCUT2D eigenvalue weighted by Gasteiger charge is 2.27. The van der Waals surface area contributed by atoms with Crippen LogP contribution in [0.3, 0.4) is 0 Å². The van der Waals surface area contributed by atoms with Crippen molar-refractivity contribution in [3.05, 3.63) is 35.9 Å². The van der Waals surface area contributed by atoms with Crippen molar-refractivity contribution in [1.29, 1.82) is 0 Å². The molecule has 0 saturated carbocycles. The van der Waals surface area contributed by atoms with Crippen molar-refractivity contribution in [2.45, 2.75) is 69.5 Å². The van der Waals surface area contributed by atoms with E-state index in [1.54, 1.807) is 0 Å². The summed E-state index contributed by atoms with van der Waals surface area (Å²) < 4.78 is 5.46. The molecule has 0 N–H and O–H groups in total. The van der Waals surface area contributed by atoms with Gasteiger partial charge < -0.3 is 9.64 Å². The topological polar surface area (TPSA) is 29.5 Å². The minimum atomic E-state index is -0.410. The fraction of sp³-hybridized carbons (Fsp3) is 0.650. The third-order valence-electron chi connectivity index (χ3n) is 4.13. The summed E-state index contributed by atoms with van der Waals surface area (Å²) in [6.07, 6.45) is 4.30. The van der Waals surface area contributed by atoms with Gasteiger partial charge in [-0.25, -0.2) is 4.79 Å². The highest BCUT2D eigenvalue weighted by molar-refractivity contribution is 8.77. The van der Waals surface area contributed by atoms with E-state index in [1.807, 2.05) is 47.3 Å². The van der Waals surface area contributed by atoms with Crippen molar-refractivity contribution >= 4 is 27.7 Å². The number of amides is 1. The minimum Gasteiger partial charge on any atom is -0.444 e. The van der Waals surface area contributed by atoms with E-state index in [0.717, 1.165) is 32.4 Å². The molecule has 1 heterocycles. The third-order valence-corrected chi connectivity index (χ3v) is 7.69. The van der Waals surface area contributed by atoms with E-state index < -0.39 is 5.60 Å². The molecular formula is C20H31NO2S2. The van der Waals surface area contributed by atoms with Gasteiger partial charge in [-0.1, -0.05) is 58.8 Å². The first kappa shape index (κ1) is 20.5. The van der Waals surface area contributed by atoms with Crippen molar-refractivity contribution in [1.82, 2.24) is 4.90 Å². The van der Waals surface area contributed by atoms with Crippen molar-refractivity contribution in [3.8, 4) is 0 Å². The molecule has 1 fully saturated rings. The van der Waals surface area contributed by atoms with Crippen LogP contribution in [0.1, 0.15) is 52.5 Å². The molecule has 25 heavy (non-hydrogen) atoms. The van der Waals surface area contributed by atoms with Crippen molar-refractivity contribution < 1.29 is 9.53 Å². The van der Waals surface area contributed by atoms with E-state index in [4.69, 9.17) is 4.74 Å². The first-order valence-electron chi connectivity index (χ1n) is 9.17. The van der Waals surface area contributed by atoms with Crippen LogP contribution in [0.2, 0.25) is 0 Å². The summed E-state index contributed by atoms with van der Waals surface area (Å²) in [5, 5.41) is 1.29. The average molecular weight is 382 g/mol. The van der Waals surface area contributed by atoms with Crippen LogP contribution >= 0.6 is 21.6 Å². The smallest absolute Gasteiger partial charge is 0.410 e. The van der Waals surface area contributed by atoms with Gasteiger partial charge in [0.15, 0.2) is 0 Å². The van der Waals surface area contributed by atoms with Crippen LogP contribution in [-0.4, -0.2) is 40.2 Å². The summed E-state index contributed by atoms with van der Waals surface area (Å²) in [4.78, 5) is 14.0. The second kappa shape index (κ2) is 9.77. The van der Waals surface area contributed by atoms with Gasteiger partial charge >= 0.3 is 6.09 Å². The average Bonchev–Trinajstić information content (AvgIpc) is 2.58. The number of likely N-dealkylation sites (tertiary alicyclic amines) is 1. The number of piperidine rings is 1. The number of hydrogen-bond donors (Lipinski definition) is 0. The maximum atomic E-state index is 12.1. The van der Waals surface area contributed by atoms with Crippen LogP contribution in [0.15, 0.2) is 30.3 Å². The maximum absolute atomic E-state index is 12.1. The van der Waals surface area contributed by atoms with Crippen LogP contribution in [0.5, 0.6) is 0 Å². The molecule has 1 aromatic rings. The first-order chi connectivity index (χ1) is 11.8. The Bertz CT molecular complexity index is 522. The second-order valence-electron chi connectivity index (χ2n) is 7.69. The lowest BCUT2D eigenvalue weighted by Crippen LogP contribution is -2.42. The van der Waals surface area contributed by atoms with Gasteiger partial charge in [0.25, 0.3) is 0 Å². The summed E-state index contributed by atoms with van der Waals surface area (Å²) in [7, 11) is 4.01. The molecule has 1 aliphatic heterocycles. The van der Waals surface area contributed by atoms with E-state index >= 15 is 0 Å². The van der Waals surface area contributed by atoms with E-state index in [9.17, 15) is 4.79 Å². The zero-order valence-electron chi connectivity index (χ0n) is 15.9. The zero-order chi connectivity index (χ0) is 18.3. The molecule has 0 spiro atoms. The van der Waals surface area contributed by atoms with Crippen LogP contribution < -0.4 is 0 Å². The monoisotopic (exact) mass is 381 g/mol. The van der Waals surface area contributed by atoms with Crippen molar-refractivity contribution in [2.75, 3.05) is 13.1 Å². The molecule has 140 valence electrons. The van der Waals surface area contributed by atoms with Crippen molar-refractivity contribution in [2.24, 2.45) is 0 Å². The Hall–Kier alpha value is -0.810. The van der Waals surface area contributed by atoms with Gasteiger partial charge in [-0.15, -0.1) is 0 Å². The van der Waals surface area contributed by atoms with Crippen LogP contribution in [-0.2, 0) is 11.2 Å². The molecule has 0 unspecified atom stereocenters. The second-order valence-corrected chi connectivity index (χ2v) is 10.7. The highest BCUT2D eigenvalue weighted by Crippen LogP contribution is 2.37. The number of aryl methyl sites for hydroxylation is 1. The largest absolute Gasteiger partial charge is 0.444 e. The molecule has 1 atom stereocenters. The molecule has 0 aromatic heterocycles.